The Hall–Kier alpha value is -4.46. The number of ether oxygens (including phenoxy) is 1. The molecule has 8 nitrogen and oxygen atoms in total. The van der Waals surface area contributed by atoms with Crippen LogP contribution in [0, 0.1) is 13.8 Å². The molecule has 0 amide bonds. The van der Waals surface area contributed by atoms with Crippen LogP contribution in [0.3, 0.4) is 0 Å². The molecule has 0 fully saturated rings. The van der Waals surface area contributed by atoms with E-state index in [0.29, 0.717) is 29.5 Å². The lowest BCUT2D eigenvalue weighted by atomic mass is 10.1. The number of rotatable bonds is 5. The molecule has 0 saturated carbocycles. The number of anilines is 2. The number of hydrogen-bond acceptors (Lipinski definition) is 7. The number of nitrogens with zero attached hydrogens (tertiary/aromatic N) is 5. The first kappa shape index (κ1) is 20.4. The number of benzene rings is 2. The summed E-state index contributed by atoms with van der Waals surface area (Å²) in [6.45, 7) is 4.32. The highest BCUT2D eigenvalue weighted by Gasteiger charge is 2.19. The number of fused-ring (bicyclic) bond motifs is 1. The lowest BCUT2D eigenvalue weighted by Crippen LogP contribution is -2.05. The first-order valence-electron chi connectivity index (χ1n) is 10.5. The largest absolute Gasteiger partial charge is 0.472 e. The van der Waals surface area contributed by atoms with Gasteiger partial charge in [-0.2, -0.15) is 10.1 Å². The summed E-state index contributed by atoms with van der Waals surface area (Å²) in [4.78, 5) is 13.6. The van der Waals surface area contributed by atoms with E-state index in [1.807, 2.05) is 79.2 Å². The van der Waals surface area contributed by atoms with Crippen molar-refractivity contribution >= 4 is 22.7 Å². The Morgan fingerprint density at radius 2 is 1.55 bits per heavy atom. The zero-order valence-electron chi connectivity index (χ0n) is 18.4. The van der Waals surface area contributed by atoms with Gasteiger partial charge in [-0.3, -0.25) is 0 Å². The predicted molar refractivity (Wildman–Crippen MR) is 129 cm³/mol. The van der Waals surface area contributed by atoms with Crippen LogP contribution in [0.4, 0.5) is 11.6 Å². The number of aromatic nitrogens is 5. The van der Waals surface area contributed by atoms with Crippen LogP contribution in [-0.4, -0.2) is 24.7 Å². The van der Waals surface area contributed by atoms with Gasteiger partial charge in [0.05, 0.1) is 16.9 Å². The van der Waals surface area contributed by atoms with Crippen molar-refractivity contribution in [3.05, 3.63) is 83.6 Å². The van der Waals surface area contributed by atoms with Crippen LogP contribution in [0.1, 0.15) is 16.8 Å². The first-order chi connectivity index (χ1) is 16.0. The van der Waals surface area contributed by atoms with E-state index in [0.717, 1.165) is 22.3 Å². The Balaban J connectivity index is 1.67. The molecule has 8 heteroatoms. The molecule has 0 unspecified atom stereocenters. The molecule has 164 valence electrons. The molecule has 0 aliphatic heterocycles. The lowest BCUT2D eigenvalue weighted by molar-refractivity contribution is 0.296. The first-order valence-corrected chi connectivity index (χ1v) is 10.5. The molecule has 0 radical (unpaired) electrons. The summed E-state index contributed by atoms with van der Waals surface area (Å²) in [7, 11) is 0. The highest BCUT2D eigenvalue weighted by atomic mass is 16.5. The van der Waals surface area contributed by atoms with Crippen molar-refractivity contribution in [1.82, 2.24) is 24.7 Å². The Morgan fingerprint density at radius 3 is 2.24 bits per heavy atom. The number of hydrogen-bond donors (Lipinski definition) is 2. The van der Waals surface area contributed by atoms with Gasteiger partial charge in [0.2, 0.25) is 5.88 Å². The van der Waals surface area contributed by atoms with E-state index in [1.54, 1.807) is 0 Å². The molecular formula is C25H23N7O. The molecular weight excluding hydrogens is 414 g/mol. The normalized spacial score (nSPS) is 11.1. The van der Waals surface area contributed by atoms with Gasteiger partial charge in [0, 0.05) is 11.5 Å². The zero-order valence-corrected chi connectivity index (χ0v) is 18.4. The number of nitrogen functional groups attached to an aromatic ring is 2. The molecule has 0 aliphatic carbocycles. The fourth-order valence-corrected chi connectivity index (χ4v) is 3.63. The van der Waals surface area contributed by atoms with Gasteiger partial charge in [-0.05, 0) is 37.6 Å². The average molecular weight is 438 g/mol. The van der Waals surface area contributed by atoms with Crippen molar-refractivity contribution in [3.63, 3.8) is 0 Å². The summed E-state index contributed by atoms with van der Waals surface area (Å²) in [5.41, 5.74) is 17.1. The van der Waals surface area contributed by atoms with Crippen molar-refractivity contribution in [2.75, 3.05) is 11.5 Å². The second kappa shape index (κ2) is 8.23. The van der Waals surface area contributed by atoms with E-state index in [1.165, 1.54) is 11.6 Å². The lowest BCUT2D eigenvalue weighted by Gasteiger charge is -2.12. The van der Waals surface area contributed by atoms with Crippen LogP contribution >= 0.6 is 0 Å². The van der Waals surface area contributed by atoms with Gasteiger partial charge >= 0.3 is 0 Å². The molecule has 5 aromatic rings. The standard InChI is InChI=1S/C25H23N7O/c1-15-8-10-17(11-9-15)14-33-25-20(23-28-21(26)13-22(27)29-23)12-19-16(2)31-32(24(19)30-25)18-6-4-3-5-7-18/h3-13H,14H2,1-2H3,(H4,26,27,28,29). The topological polar surface area (TPSA) is 118 Å². The minimum atomic E-state index is 0.277. The second-order valence-electron chi connectivity index (χ2n) is 7.86. The highest BCUT2D eigenvalue weighted by Crippen LogP contribution is 2.33. The van der Waals surface area contributed by atoms with Gasteiger partial charge < -0.3 is 16.2 Å². The Bertz CT molecular complexity index is 1420. The number of nitrogens with two attached hydrogens (primary N) is 2. The van der Waals surface area contributed by atoms with Crippen LogP contribution in [0.25, 0.3) is 28.1 Å². The summed E-state index contributed by atoms with van der Waals surface area (Å²) in [6.07, 6.45) is 0. The van der Waals surface area contributed by atoms with Gasteiger partial charge in [0.15, 0.2) is 11.5 Å². The van der Waals surface area contributed by atoms with E-state index < -0.39 is 0 Å². The van der Waals surface area contributed by atoms with E-state index in [9.17, 15) is 0 Å². The summed E-state index contributed by atoms with van der Waals surface area (Å²) in [6, 6.07) is 21.5. The van der Waals surface area contributed by atoms with Crippen molar-refractivity contribution in [1.29, 1.82) is 0 Å². The van der Waals surface area contributed by atoms with Gasteiger partial charge in [0.1, 0.15) is 18.2 Å². The highest BCUT2D eigenvalue weighted by molar-refractivity contribution is 5.86. The molecule has 0 spiro atoms. The molecule has 2 aromatic carbocycles. The smallest absolute Gasteiger partial charge is 0.227 e. The molecule has 0 saturated heterocycles. The Kier molecular flexibility index (Phi) is 5.10. The third-order valence-electron chi connectivity index (χ3n) is 5.31. The van der Waals surface area contributed by atoms with Gasteiger partial charge in [-0.15, -0.1) is 0 Å². The van der Waals surface area contributed by atoms with Gasteiger partial charge in [0.25, 0.3) is 0 Å². The van der Waals surface area contributed by atoms with Crippen molar-refractivity contribution in [3.8, 4) is 23.0 Å². The zero-order chi connectivity index (χ0) is 22.9. The van der Waals surface area contributed by atoms with Crippen LogP contribution in [0.2, 0.25) is 0 Å². The Labute approximate surface area is 190 Å². The number of aryl methyl sites for hydroxylation is 2. The predicted octanol–water partition coefficient (Wildman–Crippen LogP) is 4.24. The average Bonchev–Trinajstić information content (AvgIpc) is 3.13. The second-order valence-corrected chi connectivity index (χ2v) is 7.86. The summed E-state index contributed by atoms with van der Waals surface area (Å²) < 4.78 is 8.00. The van der Waals surface area contributed by atoms with Crippen molar-refractivity contribution in [2.45, 2.75) is 20.5 Å². The van der Waals surface area contributed by atoms with Gasteiger partial charge in [-0.1, -0.05) is 48.0 Å². The number of para-hydroxylation sites is 1. The fraction of sp³-hybridized carbons (Fsp3) is 0.120. The van der Waals surface area contributed by atoms with E-state index in [-0.39, 0.29) is 11.6 Å². The van der Waals surface area contributed by atoms with Crippen LogP contribution < -0.4 is 16.2 Å². The molecule has 4 N–H and O–H groups in total. The van der Waals surface area contributed by atoms with Crippen molar-refractivity contribution in [2.24, 2.45) is 0 Å². The fourth-order valence-electron chi connectivity index (χ4n) is 3.63. The van der Waals surface area contributed by atoms with Crippen LogP contribution in [-0.2, 0) is 6.61 Å². The minimum absolute atomic E-state index is 0.277. The molecule has 0 atom stereocenters. The molecule has 3 heterocycles. The Morgan fingerprint density at radius 1 is 0.848 bits per heavy atom. The summed E-state index contributed by atoms with van der Waals surface area (Å²) in [5.74, 6) is 1.29. The molecule has 0 bridgehead atoms. The van der Waals surface area contributed by atoms with Crippen LogP contribution in [0.15, 0.2) is 66.7 Å². The van der Waals surface area contributed by atoms with Crippen molar-refractivity contribution < 1.29 is 4.74 Å². The molecule has 33 heavy (non-hydrogen) atoms. The third kappa shape index (κ3) is 4.06. The van der Waals surface area contributed by atoms with E-state index in [4.69, 9.17) is 26.3 Å². The van der Waals surface area contributed by atoms with Crippen LogP contribution in [0.5, 0.6) is 5.88 Å². The SMILES string of the molecule is Cc1ccc(COc2nc3c(cc2-c2nc(N)cc(N)n2)c(C)nn3-c2ccccc2)cc1. The summed E-state index contributed by atoms with van der Waals surface area (Å²) >= 11 is 0. The quantitative estimate of drug-likeness (QED) is 0.422. The third-order valence-corrected chi connectivity index (χ3v) is 5.31. The maximum Gasteiger partial charge on any atom is 0.227 e. The summed E-state index contributed by atoms with van der Waals surface area (Å²) in [5, 5.41) is 5.57. The number of pyridine rings is 1. The monoisotopic (exact) mass is 437 g/mol. The maximum atomic E-state index is 6.19. The molecule has 3 aromatic heterocycles. The van der Waals surface area contributed by atoms with E-state index >= 15 is 0 Å². The minimum Gasteiger partial charge on any atom is -0.472 e. The maximum absolute atomic E-state index is 6.19. The van der Waals surface area contributed by atoms with E-state index in [2.05, 4.69) is 9.97 Å². The van der Waals surface area contributed by atoms with Gasteiger partial charge in [-0.25, -0.2) is 14.6 Å². The molecule has 5 rings (SSSR count). The molecule has 0 aliphatic rings.